The van der Waals surface area contributed by atoms with Gasteiger partial charge >= 0.3 is 0 Å². The third-order valence-electron chi connectivity index (χ3n) is 3.03. The zero-order chi connectivity index (χ0) is 11.7. The SMILES string of the molecule is CC(C)C(O)(c1ccccn1)C(C)(C)C. The van der Waals surface area contributed by atoms with E-state index < -0.39 is 5.60 Å². The molecule has 0 radical (unpaired) electrons. The lowest BCUT2D eigenvalue weighted by atomic mass is 9.68. The quantitative estimate of drug-likeness (QED) is 0.808. The second-order valence-corrected chi connectivity index (χ2v) is 5.39. The van der Waals surface area contributed by atoms with E-state index in [4.69, 9.17) is 0 Å². The average Bonchev–Trinajstić information content (AvgIpc) is 2.16. The van der Waals surface area contributed by atoms with Gasteiger partial charge in [-0.25, -0.2) is 0 Å². The first-order valence-electron chi connectivity index (χ1n) is 5.44. The zero-order valence-corrected chi connectivity index (χ0v) is 10.3. The number of aliphatic hydroxyl groups is 1. The van der Waals surface area contributed by atoms with Gasteiger partial charge in [-0.3, -0.25) is 4.98 Å². The Labute approximate surface area is 92.4 Å². The number of hydrogen-bond acceptors (Lipinski definition) is 2. The van der Waals surface area contributed by atoms with E-state index in [1.807, 2.05) is 52.8 Å². The van der Waals surface area contributed by atoms with Crippen LogP contribution in [0.5, 0.6) is 0 Å². The maximum absolute atomic E-state index is 10.8. The van der Waals surface area contributed by atoms with Gasteiger partial charge in [0.1, 0.15) is 5.60 Å². The van der Waals surface area contributed by atoms with Crippen LogP contribution < -0.4 is 0 Å². The van der Waals surface area contributed by atoms with Crippen molar-refractivity contribution in [3.63, 3.8) is 0 Å². The predicted molar refractivity (Wildman–Crippen MR) is 62.4 cm³/mol. The van der Waals surface area contributed by atoms with Crippen molar-refractivity contribution in [3.8, 4) is 0 Å². The van der Waals surface area contributed by atoms with Gasteiger partial charge in [0.05, 0.1) is 5.69 Å². The summed E-state index contributed by atoms with van der Waals surface area (Å²) < 4.78 is 0. The molecule has 15 heavy (non-hydrogen) atoms. The Morgan fingerprint density at radius 1 is 1.20 bits per heavy atom. The van der Waals surface area contributed by atoms with Gasteiger partial charge in [-0.05, 0) is 23.5 Å². The van der Waals surface area contributed by atoms with Crippen LogP contribution in [0.25, 0.3) is 0 Å². The van der Waals surface area contributed by atoms with Crippen molar-refractivity contribution in [1.29, 1.82) is 0 Å². The van der Waals surface area contributed by atoms with Crippen molar-refractivity contribution >= 4 is 0 Å². The summed E-state index contributed by atoms with van der Waals surface area (Å²) >= 11 is 0. The number of pyridine rings is 1. The number of hydrogen-bond donors (Lipinski definition) is 1. The van der Waals surface area contributed by atoms with Crippen LogP contribution in [0.15, 0.2) is 24.4 Å². The molecule has 1 aromatic heterocycles. The van der Waals surface area contributed by atoms with E-state index >= 15 is 0 Å². The summed E-state index contributed by atoms with van der Waals surface area (Å²) in [5, 5.41) is 10.8. The summed E-state index contributed by atoms with van der Waals surface area (Å²) in [7, 11) is 0. The summed E-state index contributed by atoms with van der Waals surface area (Å²) in [5.41, 5.74) is -0.350. The Balaban J connectivity index is 3.26. The highest BCUT2D eigenvalue weighted by molar-refractivity contribution is 5.17. The molecular weight excluding hydrogens is 186 g/mol. The first-order chi connectivity index (χ1) is 6.80. The summed E-state index contributed by atoms with van der Waals surface area (Å²) in [6.07, 6.45) is 1.73. The summed E-state index contributed by atoms with van der Waals surface area (Å²) in [4.78, 5) is 4.29. The van der Waals surface area contributed by atoms with E-state index in [-0.39, 0.29) is 11.3 Å². The molecule has 0 aliphatic rings. The number of aromatic nitrogens is 1. The zero-order valence-electron chi connectivity index (χ0n) is 10.3. The Morgan fingerprint density at radius 2 is 1.80 bits per heavy atom. The van der Waals surface area contributed by atoms with Crippen LogP contribution in [0.3, 0.4) is 0 Å². The number of nitrogens with zero attached hydrogens (tertiary/aromatic N) is 1. The van der Waals surface area contributed by atoms with Crippen LogP contribution in [0.4, 0.5) is 0 Å². The highest BCUT2D eigenvalue weighted by Crippen LogP contribution is 2.43. The summed E-state index contributed by atoms with van der Waals surface area (Å²) in [5.74, 6) is 0.132. The van der Waals surface area contributed by atoms with Crippen LogP contribution in [0.2, 0.25) is 0 Å². The van der Waals surface area contributed by atoms with Gasteiger partial charge in [-0.2, -0.15) is 0 Å². The first kappa shape index (κ1) is 12.2. The maximum Gasteiger partial charge on any atom is 0.113 e. The van der Waals surface area contributed by atoms with Gasteiger partial charge in [0.15, 0.2) is 0 Å². The molecule has 1 heterocycles. The minimum absolute atomic E-state index is 0.132. The Hall–Kier alpha value is -0.890. The van der Waals surface area contributed by atoms with E-state index in [1.165, 1.54) is 0 Å². The minimum atomic E-state index is -0.881. The van der Waals surface area contributed by atoms with Crippen molar-refractivity contribution < 1.29 is 5.11 Å². The second-order valence-electron chi connectivity index (χ2n) is 5.39. The largest absolute Gasteiger partial charge is 0.383 e. The van der Waals surface area contributed by atoms with Crippen LogP contribution in [-0.4, -0.2) is 10.1 Å². The van der Waals surface area contributed by atoms with Gasteiger partial charge in [0.25, 0.3) is 0 Å². The van der Waals surface area contributed by atoms with Crippen LogP contribution >= 0.6 is 0 Å². The van der Waals surface area contributed by atoms with Gasteiger partial charge < -0.3 is 5.11 Å². The Bertz CT molecular complexity index is 313. The van der Waals surface area contributed by atoms with E-state index in [2.05, 4.69) is 4.98 Å². The molecule has 0 saturated heterocycles. The molecule has 0 aliphatic carbocycles. The third kappa shape index (κ3) is 2.05. The molecule has 1 rings (SSSR count). The molecule has 1 unspecified atom stereocenters. The fraction of sp³-hybridized carbons (Fsp3) is 0.615. The minimum Gasteiger partial charge on any atom is -0.383 e. The van der Waals surface area contributed by atoms with Gasteiger partial charge in [-0.1, -0.05) is 40.7 Å². The monoisotopic (exact) mass is 207 g/mol. The van der Waals surface area contributed by atoms with Crippen molar-refractivity contribution in [1.82, 2.24) is 4.98 Å². The van der Waals surface area contributed by atoms with Crippen LogP contribution in [0.1, 0.15) is 40.3 Å². The maximum atomic E-state index is 10.8. The van der Waals surface area contributed by atoms with E-state index in [9.17, 15) is 5.11 Å². The molecule has 0 fully saturated rings. The number of rotatable bonds is 2. The molecule has 84 valence electrons. The lowest BCUT2D eigenvalue weighted by molar-refractivity contribution is -0.105. The molecule has 0 bridgehead atoms. The molecule has 0 saturated carbocycles. The molecule has 0 amide bonds. The topological polar surface area (TPSA) is 33.1 Å². The van der Waals surface area contributed by atoms with E-state index in [0.29, 0.717) is 0 Å². The highest BCUT2D eigenvalue weighted by atomic mass is 16.3. The lowest BCUT2D eigenvalue weighted by Crippen LogP contribution is -2.45. The molecule has 1 atom stereocenters. The Kier molecular flexibility index (Phi) is 3.19. The first-order valence-corrected chi connectivity index (χ1v) is 5.44. The third-order valence-corrected chi connectivity index (χ3v) is 3.03. The Morgan fingerprint density at radius 3 is 2.13 bits per heavy atom. The summed E-state index contributed by atoms with van der Waals surface area (Å²) in [6, 6.07) is 5.68. The molecule has 1 N–H and O–H groups in total. The second kappa shape index (κ2) is 3.93. The molecule has 2 heteroatoms. The molecule has 0 aliphatic heterocycles. The normalized spacial score (nSPS) is 16.5. The van der Waals surface area contributed by atoms with Crippen LogP contribution in [0, 0.1) is 11.3 Å². The van der Waals surface area contributed by atoms with Gasteiger partial charge in [0, 0.05) is 6.20 Å². The van der Waals surface area contributed by atoms with E-state index in [0.717, 1.165) is 5.69 Å². The molecular formula is C13H21NO. The average molecular weight is 207 g/mol. The molecule has 1 aromatic rings. The lowest BCUT2D eigenvalue weighted by Gasteiger charge is -2.43. The highest BCUT2D eigenvalue weighted by Gasteiger charge is 2.45. The fourth-order valence-corrected chi connectivity index (χ4v) is 2.13. The van der Waals surface area contributed by atoms with Gasteiger partial charge in [-0.15, -0.1) is 0 Å². The predicted octanol–water partition coefficient (Wildman–Crippen LogP) is 2.97. The van der Waals surface area contributed by atoms with Crippen molar-refractivity contribution in [2.24, 2.45) is 11.3 Å². The standard InChI is InChI=1S/C13H21NO/c1-10(2)13(15,12(3,4)5)11-8-6-7-9-14-11/h6-10,15H,1-5H3. The van der Waals surface area contributed by atoms with Crippen molar-refractivity contribution in [3.05, 3.63) is 30.1 Å². The fourth-order valence-electron chi connectivity index (χ4n) is 2.13. The van der Waals surface area contributed by atoms with Crippen molar-refractivity contribution in [2.75, 3.05) is 0 Å². The molecule has 0 aromatic carbocycles. The van der Waals surface area contributed by atoms with Gasteiger partial charge in [0.2, 0.25) is 0 Å². The molecule has 0 spiro atoms. The summed E-state index contributed by atoms with van der Waals surface area (Å²) in [6.45, 7) is 10.2. The van der Waals surface area contributed by atoms with Crippen LogP contribution in [-0.2, 0) is 5.60 Å². The molecule has 2 nitrogen and oxygen atoms in total. The van der Waals surface area contributed by atoms with E-state index in [1.54, 1.807) is 6.20 Å². The smallest absolute Gasteiger partial charge is 0.113 e. The van der Waals surface area contributed by atoms with Crippen molar-refractivity contribution in [2.45, 2.75) is 40.2 Å².